The lowest BCUT2D eigenvalue weighted by Crippen LogP contribution is -2.36. The molecule has 0 unspecified atom stereocenters. The number of hydrogen-bond donors (Lipinski definition) is 1. The van der Waals surface area contributed by atoms with Crippen LogP contribution in [-0.4, -0.2) is 41.0 Å². The number of esters is 1. The predicted molar refractivity (Wildman–Crippen MR) is 95.5 cm³/mol. The fraction of sp³-hybridized carbons (Fsp3) is 0.211. The molecule has 0 atom stereocenters. The number of methoxy groups -OCH3 is 1. The van der Waals surface area contributed by atoms with Gasteiger partial charge in [0.25, 0.3) is 5.91 Å². The van der Waals surface area contributed by atoms with E-state index in [0.29, 0.717) is 0 Å². The van der Waals surface area contributed by atoms with Crippen LogP contribution in [0, 0.1) is 13.8 Å². The highest BCUT2D eigenvalue weighted by atomic mass is 16.5. The Balaban J connectivity index is 1.91. The van der Waals surface area contributed by atoms with Gasteiger partial charge >= 0.3 is 12.0 Å². The van der Waals surface area contributed by atoms with Crippen LogP contribution in [0.15, 0.2) is 42.2 Å². The van der Waals surface area contributed by atoms with Crippen LogP contribution >= 0.6 is 0 Å². The van der Waals surface area contributed by atoms with Crippen molar-refractivity contribution in [1.82, 2.24) is 14.8 Å². The van der Waals surface area contributed by atoms with Gasteiger partial charge in [-0.25, -0.2) is 9.69 Å². The van der Waals surface area contributed by atoms with E-state index in [-0.39, 0.29) is 5.70 Å². The molecule has 0 bridgehead atoms. The number of hydrogen-bond acceptors (Lipinski definition) is 4. The van der Waals surface area contributed by atoms with Gasteiger partial charge in [-0.05, 0) is 55.3 Å². The lowest BCUT2D eigenvalue weighted by molar-refractivity contribution is -0.143. The SMILES string of the molecule is COC(=O)CN1C(=O)NC(=Cc2cccn2-c2ccc(C)c(C)c2)C1=O. The second-order valence-electron chi connectivity index (χ2n) is 6.03. The largest absolute Gasteiger partial charge is 0.468 e. The van der Waals surface area contributed by atoms with E-state index in [4.69, 9.17) is 0 Å². The summed E-state index contributed by atoms with van der Waals surface area (Å²) in [5.41, 5.74) is 4.15. The Morgan fingerprint density at radius 1 is 1.19 bits per heavy atom. The second kappa shape index (κ2) is 6.87. The van der Waals surface area contributed by atoms with Crippen molar-refractivity contribution < 1.29 is 19.1 Å². The van der Waals surface area contributed by atoms with Crippen LogP contribution in [0.25, 0.3) is 11.8 Å². The number of rotatable bonds is 4. The Morgan fingerprint density at radius 2 is 1.96 bits per heavy atom. The van der Waals surface area contributed by atoms with E-state index in [1.54, 1.807) is 6.08 Å². The van der Waals surface area contributed by atoms with Crippen molar-refractivity contribution in [2.45, 2.75) is 13.8 Å². The molecule has 0 aliphatic carbocycles. The zero-order valence-corrected chi connectivity index (χ0v) is 14.8. The van der Waals surface area contributed by atoms with Crippen LogP contribution in [0.1, 0.15) is 16.8 Å². The summed E-state index contributed by atoms with van der Waals surface area (Å²) in [5.74, 6) is -1.22. The highest BCUT2D eigenvalue weighted by Gasteiger charge is 2.35. The zero-order chi connectivity index (χ0) is 18.8. The number of aromatic nitrogens is 1. The quantitative estimate of drug-likeness (QED) is 0.519. The molecule has 1 aromatic carbocycles. The number of nitrogens with one attached hydrogen (secondary N) is 1. The maximum atomic E-state index is 12.4. The number of ether oxygens (including phenoxy) is 1. The van der Waals surface area contributed by atoms with Crippen molar-refractivity contribution in [1.29, 1.82) is 0 Å². The number of imide groups is 1. The van der Waals surface area contributed by atoms with Crippen molar-refractivity contribution in [2.75, 3.05) is 13.7 Å². The van der Waals surface area contributed by atoms with Crippen LogP contribution in [0.5, 0.6) is 0 Å². The Morgan fingerprint density at radius 3 is 2.65 bits per heavy atom. The van der Waals surface area contributed by atoms with Crippen LogP contribution < -0.4 is 5.32 Å². The number of benzene rings is 1. The lowest BCUT2D eigenvalue weighted by atomic mass is 10.1. The molecule has 2 heterocycles. The number of urea groups is 1. The molecule has 26 heavy (non-hydrogen) atoms. The van der Waals surface area contributed by atoms with Gasteiger partial charge in [-0.3, -0.25) is 9.59 Å². The summed E-state index contributed by atoms with van der Waals surface area (Å²) in [5, 5.41) is 2.50. The Hall–Kier alpha value is -3.35. The molecule has 0 radical (unpaired) electrons. The third kappa shape index (κ3) is 3.23. The van der Waals surface area contributed by atoms with Gasteiger partial charge in [0.05, 0.1) is 7.11 Å². The standard InChI is InChI=1S/C19H19N3O4/c1-12-6-7-15(9-13(12)2)21-8-4-5-14(21)10-16-18(24)22(19(25)20-16)11-17(23)26-3/h4-10H,11H2,1-3H3,(H,20,25). The first-order valence-corrected chi connectivity index (χ1v) is 8.07. The first kappa shape index (κ1) is 17.5. The van der Waals surface area contributed by atoms with Crippen molar-refractivity contribution in [3.63, 3.8) is 0 Å². The predicted octanol–water partition coefficient (Wildman–Crippen LogP) is 2.16. The molecule has 0 saturated carbocycles. The van der Waals surface area contributed by atoms with E-state index in [0.717, 1.165) is 21.8 Å². The first-order valence-electron chi connectivity index (χ1n) is 8.07. The summed E-state index contributed by atoms with van der Waals surface area (Å²) in [7, 11) is 1.20. The maximum absolute atomic E-state index is 12.4. The third-order valence-electron chi connectivity index (χ3n) is 4.32. The van der Waals surface area contributed by atoms with E-state index in [2.05, 4.69) is 16.1 Å². The molecule has 7 heteroatoms. The highest BCUT2D eigenvalue weighted by molar-refractivity contribution is 6.15. The molecule has 7 nitrogen and oxygen atoms in total. The monoisotopic (exact) mass is 353 g/mol. The first-order chi connectivity index (χ1) is 12.4. The summed E-state index contributed by atoms with van der Waals surface area (Å²) in [6.07, 6.45) is 3.47. The van der Waals surface area contributed by atoms with Gasteiger partial charge < -0.3 is 14.6 Å². The molecule has 1 aliphatic heterocycles. The molecular weight excluding hydrogens is 334 g/mol. The van der Waals surface area contributed by atoms with Crippen LogP contribution in [0.4, 0.5) is 4.79 Å². The van der Waals surface area contributed by atoms with E-state index < -0.39 is 24.5 Å². The van der Waals surface area contributed by atoms with E-state index in [1.807, 2.05) is 48.9 Å². The van der Waals surface area contributed by atoms with Gasteiger partial charge in [0, 0.05) is 17.6 Å². The molecule has 2 aromatic rings. The Bertz CT molecular complexity index is 927. The molecule has 1 N–H and O–H groups in total. The summed E-state index contributed by atoms with van der Waals surface area (Å²) in [6, 6.07) is 9.12. The average Bonchev–Trinajstić information content (AvgIpc) is 3.17. The van der Waals surface area contributed by atoms with Gasteiger partial charge in [0.1, 0.15) is 12.2 Å². The summed E-state index contributed by atoms with van der Waals surface area (Å²) in [6.45, 7) is 3.66. The highest BCUT2D eigenvalue weighted by Crippen LogP contribution is 2.20. The number of amides is 3. The molecule has 134 valence electrons. The summed E-state index contributed by atoms with van der Waals surface area (Å²) < 4.78 is 6.43. The number of aryl methyl sites for hydroxylation is 2. The van der Waals surface area contributed by atoms with Gasteiger partial charge in [-0.15, -0.1) is 0 Å². The molecule has 1 saturated heterocycles. The molecule has 1 aliphatic rings. The molecule has 3 rings (SSSR count). The topological polar surface area (TPSA) is 80.6 Å². The molecule has 3 amide bonds. The third-order valence-corrected chi connectivity index (χ3v) is 4.32. The minimum atomic E-state index is -0.659. The molecule has 1 aromatic heterocycles. The summed E-state index contributed by atoms with van der Waals surface area (Å²) >= 11 is 0. The Kier molecular flexibility index (Phi) is 4.62. The average molecular weight is 353 g/mol. The fourth-order valence-corrected chi connectivity index (χ4v) is 2.68. The summed E-state index contributed by atoms with van der Waals surface area (Å²) in [4.78, 5) is 36.5. The van der Waals surface area contributed by atoms with E-state index in [1.165, 1.54) is 12.7 Å². The van der Waals surface area contributed by atoms with Gasteiger partial charge in [0.2, 0.25) is 0 Å². The van der Waals surface area contributed by atoms with Gasteiger partial charge in [0.15, 0.2) is 0 Å². The lowest BCUT2D eigenvalue weighted by Gasteiger charge is -2.10. The fourth-order valence-electron chi connectivity index (χ4n) is 2.68. The minimum absolute atomic E-state index is 0.114. The van der Waals surface area contributed by atoms with Crippen LogP contribution in [-0.2, 0) is 14.3 Å². The van der Waals surface area contributed by atoms with Crippen molar-refractivity contribution >= 4 is 24.0 Å². The van der Waals surface area contributed by atoms with Gasteiger partial charge in [-0.1, -0.05) is 6.07 Å². The molecular formula is C19H19N3O4. The van der Waals surface area contributed by atoms with Crippen LogP contribution in [0.3, 0.4) is 0 Å². The second-order valence-corrected chi connectivity index (χ2v) is 6.03. The molecule has 1 fully saturated rings. The van der Waals surface area contributed by atoms with E-state index in [9.17, 15) is 14.4 Å². The van der Waals surface area contributed by atoms with Crippen molar-refractivity contribution in [3.8, 4) is 5.69 Å². The number of carbonyl (C=O) groups is 3. The van der Waals surface area contributed by atoms with Crippen LogP contribution in [0.2, 0.25) is 0 Å². The van der Waals surface area contributed by atoms with Crippen molar-refractivity contribution in [2.24, 2.45) is 0 Å². The normalized spacial score (nSPS) is 15.5. The molecule has 0 spiro atoms. The van der Waals surface area contributed by atoms with Gasteiger partial charge in [-0.2, -0.15) is 0 Å². The maximum Gasteiger partial charge on any atom is 0.329 e. The minimum Gasteiger partial charge on any atom is -0.468 e. The number of carbonyl (C=O) groups excluding carboxylic acids is 3. The smallest absolute Gasteiger partial charge is 0.329 e. The number of nitrogens with zero attached hydrogens (tertiary/aromatic N) is 2. The van der Waals surface area contributed by atoms with Crippen molar-refractivity contribution in [3.05, 3.63) is 59.0 Å². The Labute approximate surface area is 150 Å². The van der Waals surface area contributed by atoms with E-state index >= 15 is 0 Å². The zero-order valence-electron chi connectivity index (χ0n) is 14.8.